The van der Waals surface area contributed by atoms with Crippen LogP contribution in [-0.4, -0.2) is 28.0 Å². The van der Waals surface area contributed by atoms with Crippen molar-refractivity contribution >= 4 is 17.7 Å². The van der Waals surface area contributed by atoms with Gasteiger partial charge in [-0.15, -0.1) is 0 Å². The molecular weight excluding hydrogens is 448 g/mol. The Labute approximate surface area is 201 Å². The number of aromatic nitrogens is 2. The van der Waals surface area contributed by atoms with E-state index in [9.17, 15) is 14.9 Å². The molecule has 0 atom stereocenters. The maximum absolute atomic E-state index is 12.7. The van der Waals surface area contributed by atoms with Crippen molar-refractivity contribution in [2.24, 2.45) is 0 Å². The lowest BCUT2D eigenvalue weighted by Crippen LogP contribution is -2.23. The molecule has 0 bridgehead atoms. The summed E-state index contributed by atoms with van der Waals surface area (Å²) in [6, 6.07) is 17.6. The second kappa shape index (κ2) is 10.4. The monoisotopic (exact) mass is 470 g/mol. The van der Waals surface area contributed by atoms with Crippen LogP contribution in [0.2, 0.25) is 0 Å². The first-order chi connectivity index (χ1) is 17.0. The van der Waals surface area contributed by atoms with Crippen LogP contribution in [0.15, 0.2) is 71.5 Å². The minimum absolute atomic E-state index is 0.0643. The number of pyridine rings is 1. The smallest absolute Gasteiger partial charge is 0.344 e. The van der Waals surface area contributed by atoms with Crippen molar-refractivity contribution in [3.63, 3.8) is 0 Å². The van der Waals surface area contributed by atoms with E-state index in [2.05, 4.69) is 16.4 Å². The molecule has 1 amide bonds. The highest BCUT2D eigenvalue weighted by Gasteiger charge is 2.22. The summed E-state index contributed by atoms with van der Waals surface area (Å²) in [7, 11) is 0. The number of hydrogen-bond acceptors (Lipinski definition) is 7. The molecule has 1 N–H and O–H groups in total. The van der Waals surface area contributed by atoms with Crippen LogP contribution in [0.4, 0.5) is 5.82 Å². The molecule has 0 saturated heterocycles. The van der Waals surface area contributed by atoms with Crippen LogP contribution in [0.3, 0.4) is 0 Å². The first-order valence-corrected chi connectivity index (χ1v) is 10.7. The standard InChI is InChI=1S/C26H22N4O5/c1-17-18(2)30(15-20-10-7-13-33-20)24(22(17)14-27)29-23(31)16-34-26(32)21-11-6-12-28-25(21)35-19-8-4-3-5-9-19/h3-13H,15-16H2,1-2H3,(H,29,31). The number of nitriles is 1. The van der Waals surface area contributed by atoms with E-state index in [4.69, 9.17) is 13.9 Å². The number of ether oxygens (including phenoxy) is 2. The summed E-state index contributed by atoms with van der Waals surface area (Å²) in [5, 5.41) is 12.4. The van der Waals surface area contributed by atoms with Crippen LogP contribution in [0, 0.1) is 25.2 Å². The molecule has 0 aliphatic heterocycles. The van der Waals surface area contributed by atoms with Gasteiger partial charge in [-0.25, -0.2) is 9.78 Å². The molecule has 0 fully saturated rings. The topological polar surface area (TPSA) is 119 Å². The Morgan fingerprint density at radius 1 is 1.11 bits per heavy atom. The number of esters is 1. The average molecular weight is 470 g/mol. The maximum atomic E-state index is 12.7. The van der Waals surface area contributed by atoms with E-state index in [1.54, 1.807) is 60.2 Å². The van der Waals surface area contributed by atoms with Gasteiger partial charge in [0.25, 0.3) is 5.91 Å². The third kappa shape index (κ3) is 5.23. The van der Waals surface area contributed by atoms with Gasteiger partial charge in [0.1, 0.15) is 29.0 Å². The van der Waals surface area contributed by atoms with Gasteiger partial charge in [0.15, 0.2) is 6.61 Å². The molecule has 3 aromatic heterocycles. The van der Waals surface area contributed by atoms with Crippen LogP contribution in [-0.2, 0) is 16.1 Å². The van der Waals surface area contributed by atoms with E-state index in [1.807, 2.05) is 13.0 Å². The fourth-order valence-electron chi connectivity index (χ4n) is 3.49. The zero-order valence-corrected chi connectivity index (χ0v) is 19.1. The predicted molar refractivity (Wildman–Crippen MR) is 126 cm³/mol. The number of nitrogens with zero attached hydrogens (tertiary/aromatic N) is 3. The minimum Gasteiger partial charge on any atom is -0.467 e. The molecule has 1 aromatic carbocycles. The largest absolute Gasteiger partial charge is 0.467 e. The van der Waals surface area contributed by atoms with Crippen molar-refractivity contribution in [3.8, 4) is 17.7 Å². The molecule has 0 aliphatic carbocycles. The fraction of sp³-hybridized carbons (Fsp3) is 0.154. The van der Waals surface area contributed by atoms with Crippen LogP contribution in [0.1, 0.15) is 32.9 Å². The van der Waals surface area contributed by atoms with E-state index < -0.39 is 18.5 Å². The van der Waals surface area contributed by atoms with Gasteiger partial charge in [-0.3, -0.25) is 4.79 Å². The van der Waals surface area contributed by atoms with Gasteiger partial charge in [0.2, 0.25) is 5.88 Å². The Morgan fingerprint density at radius 3 is 2.63 bits per heavy atom. The lowest BCUT2D eigenvalue weighted by atomic mass is 10.2. The third-order valence-electron chi connectivity index (χ3n) is 5.38. The molecule has 0 unspecified atom stereocenters. The summed E-state index contributed by atoms with van der Waals surface area (Å²) in [4.78, 5) is 29.5. The van der Waals surface area contributed by atoms with Gasteiger partial charge >= 0.3 is 5.97 Å². The van der Waals surface area contributed by atoms with E-state index >= 15 is 0 Å². The van der Waals surface area contributed by atoms with Gasteiger partial charge in [-0.05, 0) is 55.8 Å². The third-order valence-corrected chi connectivity index (χ3v) is 5.38. The average Bonchev–Trinajstić information content (AvgIpc) is 3.46. The van der Waals surface area contributed by atoms with E-state index in [0.29, 0.717) is 29.4 Å². The van der Waals surface area contributed by atoms with Crippen molar-refractivity contribution in [3.05, 3.63) is 95.2 Å². The van der Waals surface area contributed by atoms with E-state index in [1.165, 1.54) is 12.3 Å². The highest BCUT2D eigenvalue weighted by molar-refractivity contribution is 5.97. The van der Waals surface area contributed by atoms with E-state index in [0.717, 1.165) is 11.3 Å². The Bertz CT molecular complexity index is 1390. The molecule has 0 spiro atoms. The van der Waals surface area contributed by atoms with Crippen molar-refractivity contribution in [2.75, 3.05) is 11.9 Å². The lowest BCUT2D eigenvalue weighted by molar-refractivity contribution is -0.119. The van der Waals surface area contributed by atoms with Crippen LogP contribution >= 0.6 is 0 Å². The molecule has 176 valence electrons. The van der Waals surface area contributed by atoms with Crippen molar-refractivity contribution in [1.82, 2.24) is 9.55 Å². The first-order valence-electron chi connectivity index (χ1n) is 10.7. The van der Waals surface area contributed by atoms with Gasteiger partial charge < -0.3 is 23.8 Å². The summed E-state index contributed by atoms with van der Waals surface area (Å²) in [5.41, 5.74) is 1.96. The Morgan fingerprint density at radius 2 is 1.91 bits per heavy atom. The zero-order valence-electron chi connectivity index (χ0n) is 19.1. The molecule has 3 heterocycles. The quantitative estimate of drug-likeness (QED) is 0.374. The number of amides is 1. The number of anilines is 1. The number of para-hydroxylation sites is 1. The summed E-state index contributed by atoms with van der Waals surface area (Å²) < 4.78 is 18.1. The van der Waals surface area contributed by atoms with Crippen molar-refractivity contribution in [1.29, 1.82) is 5.26 Å². The van der Waals surface area contributed by atoms with Crippen molar-refractivity contribution in [2.45, 2.75) is 20.4 Å². The minimum atomic E-state index is -0.766. The number of rotatable bonds is 8. The molecule has 9 nitrogen and oxygen atoms in total. The number of nitrogens with one attached hydrogen (secondary N) is 1. The van der Waals surface area contributed by atoms with Gasteiger partial charge in [-0.1, -0.05) is 18.2 Å². The highest BCUT2D eigenvalue weighted by atomic mass is 16.5. The molecule has 0 radical (unpaired) electrons. The second-order valence-corrected chi connectivity index (χ2v) is 7.61. The summed E-state index contributed by atoms with van der Waals surface area (Å²) >= 11 is 0. The molecular formula is C26H22N4O5. The highest BCUT2D eigenvalue weighted by Crippen LogP contribution is 2.28. The van der Waals surface area contributed by atoms with Crippen molar-refractivity contribution < 1.29 is 23.5 Å². The van der Waals surface area contributed by atoms with Gasteiger partial charge in [-0.2, -0.15) is 5.26 Å². The maximum Gasteiger partial charge on any atom is 0.344 e. The van der Waals surface area contributed by atoms with Gasteiger partial charge in [0, 0.05) is 11.9 Å². The number of carbonyl (C=O) groups is 2. The van der Waals surface area contributed by atoms with E-state index in [-0.39, 0.29) is 11.4 Å². The van der Waals surface area contributed by atoms with Crippen LogP contribution in [0.5, 0.6) is 11.6 Å². The Balaban J connectivity index is 1.46. The second-order valence-electron chi connectivity index (χ2n) is 7.61. The molecule has 35 heavy (non-hydrogen) atoms. The number of furan rings is 1. The summed E-state index contributed by atoms with van der Waals surface area (Å²) in [5.74, 6) is 0.187. The van der Waals surface area contributed by atoms with Crippen LogP contribution < -0.4 is 10.1 Å². The molecule has 0 saturated carbocycles. The number of hydrogen-bond donors (Lipinski definition) is 1. The summed E-state index contributed by atoms with van der Waals surface area (Å²) in [6.45, 7) is 3.42. The molecule has 4 rings (SSSR count). The number of carbonyl (C=O) groups excluding carboxylic acids is 2. The Hall–Kier alpha value is -4.84. The zero-order chi connectivity index (χ0) is 24.8. The SMILES string of the molecule is Cc1c(C#N)c(NC(=O)COC(=O)c2cccnc2Oc2ccccc2)n(Cc2ccco2)c1C. The number of benzene rings is 1. The first kappa shape index (κ1) is 23.3. The molecule has 9 heteroatoms. The van der Waals surface area contributed by atoms with Gasteiger partial charge in [0.05, 0.1) is 18.4 Å². The fourth-order valence-corrected chi connectivity index (χ4v) is 3.49. The predicted octanol–water partition coefficient (Wildman–Crippen LogP) is 4.60. The van der Waals surface area contributed by atoms with Crippen LogP contribution in [0.25, 0.3) is 0 Å². The molecule has 4 aromatic rings. The Kier molecular flexibility index (Phi) is 6.93. The lowest BCUT2D eigenvalue weighted by Gasteiger charge is -2.13. The normalized spacial score (nSPS) is 10.4. The summed E-state index contributed by atoms with van der Waals surface area (Å²) in [6.07, 6.45) is 3.04. The molecule has 0 aliphatic rings.